The first-order valence-electron chi connectivity index (χ1n) is 6.52. The van der Waals surface area contributed by atoms with Crippen molar-refractivity contribution in [1.82, 2.24) is 15.1 Å². The van der Waals surface area contributed by atoms with Crippen molar-refractivity contribution in [2.45, 2.75) is 26.0 Å². The number of carbonyl (C=O) groups excluding carboxylic acids is 1. The van der Waals surface area contributed by atoms with Gasteiger partial charge in [-0.05, 0) is 19.9 Å². The fourth-order valence-corrected chi connectivity index (χ4v) is 2.45. The van der Waals surface area contributed by atoms with E-state index in [0.29, 0.717) is 18.8 Å². The summed E-state index contributed by atoms with van der Waals surface area (Å²) in [4.78, 5) is 14.5. The van der Waals surface area contributed by atoms with E-state index in [1.54, 1.807) is 0 Å². The number of amides is 1. The molecule has 1 aliphatic rings. The van der Waals surface area contributed by atoms with Crippen LogP contribution in [0, 0.1) is 0 Å². The Balaban J connectivity index is 1.95. The van der Waals surface area contributed by atoms with Gasteiger partial charge in [-0.15, -0.1) is 0 Å². The fraction of sp³-hybridized carbons (Fsp3) is 0.429. The van der Waals surface area contributed by atoms with E-state index >= 15 is 0 Å². The zero-order valence-electron chi connectivity index (χ0n) is 11.1. The lowest BCUT2D eigenvalue weighted by molar-refractivity contribution is -0.0388. The first-order valence-corrected chi connectivity index (χ1v) is 6.52. The average molecular weight is 259 g/mol. The van der Waals surface area contributed by atoms with Crippen LogP contribution in [-0.4, -0.2) is 46.3 Å². The monoisotopic (exact) mass is 259 g/mol. The molecule has 100 valence electrons. The number of benzene rings is 1. The van der Waals surface area contributed by atoms with Crippen LogP contribution >= 0.6 is 0 Å². The molecule has 0 spiro atoms. The standard InChI is InChI=1S/C14H17N3O2/c1-9-8-19-10(2)7-17(9)14(18)13-11-5-3-4-6-12(11)15-16-13/h3-6,9-10H,7-8H2,1-2H3,(H,15,16)/t9-,10+/m0/s1. The molecule has 1 aliphatic heterocycles. The molecule has 3 rings (SSSR count). The van der Waals surface area contributed by atoms with E-state index in [9.17, 15) is 4.79 Å². The van der Waals surface area contributed by atoms with Crippen molar-refractivity contribution in [3.63, 3.8) is 0 Å². The number of hydrogen-bond acceptors (Lipinski definition) is 3. The molecule has 0 radical (unpaired) electrons. The number of nitrogens with zero attached hydrogens (tertiary/aromatic N) is 2. The van der Waals surface area contributed by atoms with E-state index < -0.39 is 0 Å². The Morgan fingerprint density at radius 3 is 3.05 bits per heavy atom. The molecule has 1 amide bonds. The van der Waals surface area contributed by atoms with E-state index in [4.69, 9.17) is 4.74 Å². The zero-order valence-corrected chi connectivity index (χ0v) is 11.1. The van der Waals surface area contributed by atoms with Gasteiger partial charge in [0.1, 0.15) is 0 Å². The van der Waals surface area contributed by atoms with Gasteiger partial charge < -0.3 is 9.64 Å². The number of hydrogen-bond donors (Lipinski definition) is 1. The van der Waals surface area contributed by atoms with Gasteiger partial charge in [0, 0.05) is 11.9 Å². The van der Waals surface area contributed by atoms with Gasteiger partial charge in [-0.2, -0.15) is 5.10 Å². The topological polar surface area (TPSA) is 58.2 Å². The summed E-state index contributed by atoms with van der Waals surface area (Å²) in [5, 5.41) is 7.95. The number of ether oxygens (including phenoxy) is 1. The maximum atomic E-state index is 12.6. The molecule has 0 saturated carbocycles. The molecule has 1 aromatic heterocycles. The highest BCUT2D eigenvalue weighted by Crippen LogP contribution is 2.20. The zero-order chi connectivity index (χ0) is 13.4. The summed E-state index contributed by atoms with van der Waals surface area (Å²) < 4.78 is 5.55. The van der Waals surface area contributed by atoms with Crippen LogP contribution in [0.1, 0.15) is 24.3 Å². The summed E-state index contributed by atoms with van der Waals surface area (Å²) in [6.45, 7) is 5.17. The molecule has 5 nitrogen and oxygen atoms in total. The van der Waals surface area contributed by atoms with Gasteiger partial charge in [-0.3, -0.25) is 9.89 Å². The number of aromatic amines is 1. The van der Waals surface area contributed by atoms with Crippen molar-refractivity contribution in [3.05, 3.63) is 30.0 Å². The lowest BCUT2D eigenvalue weighted by Crippen LogP contribution is -2.50. The van der Waals surface area contributed by atoms with Gasteiger partial charge in [0.05, 0.1) is 24.3 Å². The molecule has 2 aromatic rings. The summed E-state index contributed by atoms with van der Waals surface area (Å²) in [7, 11) is 0. The normalized spacial score (nSPS) is 23.8. The smallest absolute Gasteiger partial charge is 0.275 e. The van der Waals surface area contributed by atoms with Crippen molar-refractivity contribution in [2.75, 3.05) is 13.2 Å². The predicted octanol–water partition coefficient (Wildman–Crippen LogP) is 1.81. The molecule has 2 heterocycles. The van der Waals surface area contributed by atoms with Crippen LogP contribution in [0.4, 0.5) is 0 Å². The number of fused-ring (bicyclic) bond motifs is 1. The Bertz CT molecular complexity index is 608. The van der Waals surface area contributed by atoms with E-state index in [-0.39, 0.29) is 18.1 Å². The molecule has 0 bridgehead atoms. The summed E-state index contributed by atoms with van der Waals surface area (Å²) >= 11 is 0. The van der Waals surface area contributed by atoms with Crippen molar-refractivity contribution in [1.29, 1.82) is 0 Å². The van der Waals surface area contributed by atoms with Gasteiger partial charge in [0.25, 0.3) is 5.91 Å². The fourth-order valence-electron chi connectivity index (χ4n) is 2.45. The van der Waals surface area contributed by atoms with Crippen molar-refractivity contribution >= 4 is 16.8 Å². The molecule has 1 N–H and O–H groups in total. The van der Waals surface area contributed by atoms with E-state index in [2.05, 4.69) is 10.2 Å². The molecule has 1 aromatic carbocycles. The van der Waals surface area contributed by atoms with Gasteiger partial charge >= 0.3 is 0 Å². The predicted molar refractivity (Wildman–Crippen MR) is 72.0 cm³/mol. The quantitative estimate of drug-likeness (QED) is 0.849. The minimum Gasteiger partial charge on any atom is -0.375 e. The first-order chi connectivity index (χ1) is 9.16. The van der Waals surface area contributed by atoms with Gasteiger partial charge in [0.15, 0.2) is 5.69 Å². The third-order valence-corrected chi connectivity index (χ3v) is 3.54. The second kappa shape index (κ2) is 4.66. The summed E-state index contributed by atoms with van der Waals surface area (Å²) in [6, 6.07) is 7.76. The highest BCUT2D eigenvalue weighted by Gasteiger charge is 2.30. The SMILES string of the molecule is C[C@@H]1CN(C(=O)c2n[nH]c3ccccc23)[C@@H](C)CO1. The van der Waals surface area contributed by atoms with E-state index in [1.165, 1.54) is 0 Å². The average Bonchev–Trinajstić information content (AvgIpc) is 2.84. The number of aromatic nitrogens is 2. The molecule has 0 unspecified atom stereocenters. The highest BCUT2D eigenvalue weighted by molar-refractivity contribution is 6.04. The van der Waals surface area contributed by atoms with Crippen LogP contribution in [0.5, 0.6) is 0 Å². The van der Waals surface area contributed by atoms with E-state index in [1.807, 2.05) is 43.0 Å². The third kappa shape index (κ3) is 2.10. The Labute approximate surface area is 111 Å². The summed E-state index contributed by atoms with van der Waals surface area (Å²) in [5.74, 6) is -0.0277. The molecular formula is C14H17N3O2. The van der Waals surface area contributed by atoms with Crippen LogP contribution in [0.2, 0.25) is 0 Å². The molecule has 5 heteroatoms. The van der Waals surface area contributed by atoms with Crippen molar-refractivity contribution in [2.24, 2.45) is 0 Å². The van der Waals surface area contributed by atoms with Gasteiger partial charge in [0.2, 0.25) is 0 Å². The third-order valence-electron chi connectivity index (χ3n) is 3.54. The van der Waals surface area contributed by atoms with Crippen molar-refractivity contribution < 1.29 is 9.53 Å². The molecular weight excluding hydrogens is 242 g/mol. The number of morpholine rings is 1. The Hall–Kier alpha value is -1.88. The molecule has 2 atom stereocenters. The summed E-state index contributed by atoms with van der Waals surface area (Å²) in [6.07, 6.45) is 0.0744. The largest absolute Gasteiger partial charge is 0.375 e. The molecule has 1 saturated heterocycles. The maximum Gasteiger partial charge on any atom is 0.275 e. The van der Waals surface area contributed by atoms with Gasteiger partial charge in [-0.25, -0.2) is 0 Å². The summed E-state index contributed by atoms with van der Waals surface area (Å²) in [5.41, 5.74) is 1.39. The Morgan fingerprint density at radius 2 is 2.21 bits per heavy atom. The lowest BCUT2D eigenvalue weighted by Gasteiger charge is -2.36. The second-order valence-electron chi connectivity index (χ2n) is 5.07. The minimum atomic E-state index is -0.0277. The second-order valence-corrected chi connectivity index (χ2v) is 5.07. The lowest BCUT2D eigenvalue weighted by atomic mass is 10.1. The van der Waals surface area contributed by atoms with Crippen LogP contribution < -0.4 is 0 Å². The number of nitrogens with one attached hydrogen (secondary N) is 1. The number of H-pyrrole nitrogens is 1. The number of para-hydroxylation sites is 1. The van der Waals surface area contributed by atoms with E-state index in [0.717, 1.165) is 10.9 Å². The van der Waals surface area contributed by atoms with Gasteiger partial charge in [-0.1, -0.05) is 18.2 Å². The van der Waals surface area contributed by atoms with Crippen LogP contribution in [0.15, 0.2) is 24.3 Å². The Morgan fingerprint density at radius 1 is 1.42 bits per heavy atom. The highest BCUT2D eigenvalue weighted by atomic mass is 16.5. The molecule has 1 fully saturated rings. The minimum absolute atomic E-state index is 0.0277. The number of rotatable bonds is 1. The molecule has 0 aliphatic carbocycles. The van der Waals surface area contributed by atoms with Crippen LogP contribution in [0.25, 0.3) is 10.9 Å². The first kappa shape index (κ1) is 12.2. The molecule has 19 heavy (non-hydrogen) atoms. The van der Waals surface area contributed by atoms with Crippen molar-refractivity contribution in [3.8, 4) is 0 Å². The van der Waals surface area contributed by atoms with Crippen LogP contribution in [0.3, 0.4) is 0 Å². The van der Waals surface area contributed by atoms with Crippen LogP contribution in [-0.2, 0) is 4.74 Å². The Kier molecular flexibility index (Phi) is 2.98. The maximum absolute atomic E-state index is 12.6. The number of carbonyl (C=O) groups is 1.